The van der Waals surface area contributed by atoms with Crippen molar-refractivity contribution >= 4 is 34.7 Å². The first kappa shape index (κ1) is 18.4. The topological polar surface area (TPSA) is 96.3 Å². The van der Waals surface area contributed by atoms with Gasteiger partial charge < -0.3 is 10.1 Å². The Kier molecular flexibility index (Phi) is 6.43. The summed E-state index contributed by atoms with van der Waals surface area (Å²) in [5, 5.41) is 11.3. The van der Waals surface area contributed by atoms with E-state index in [9.17, 15) is 14.4 Å². The maximum absolute atomic E-state index is 11.9. The van der Waals surface area contributed by atoms with Gasteiger partial charge in [-0.3, -0.25) is 14.4 Å². The molecule has 1 aromatic carbocycles. The third kappa shape index (κ3) is 5.86. The number of nitrogens with one attached hydrogen (secondary N) is 1. The summed E-state index contributed by atoms with van der Waals surface area (Å²) in [5.74, 6) is -1.24. The van der Waals surface area contributed by atoms with Crippen LogP contribution in [-0.4, -0.2) is 24.3 Å². The van der Waals surface area contributed by atoms with Crippen molar-refractivity contribution in [1.82, 2.24) is 0 Å². The minimum Gasteiger partial charge on any atom is -0.456 e. The first-order chi connectivity index (χ1) is 12.0. The molecule has 25 heavy (non-hydrogen) atoms. The van der Waals surface area contributed by atoms with Gasteiger partial charge in [0.25, 0.3) is 5.91 Å². The van der Waals surface area contributed by atoms with Gasteiger partial charge in [-0.2, -0.15) is 5.26 Å². The number of esters is 1. The lowest BCUT2D eigenvalue weighted by Gasteiger charge is -2.06. The second-order valence-electron chi connectivity index (χ2n) is 5.23. The van der Waals surface area contributed by atoms with E-state index >= 15 is 0 Å². The maximum atomic E-state index is 11.9. The van der Waals surface area contributed by atoms with Gasteiger partial charge in [-0.05, 0) is 37.3 Å². The quantitative estimate of drug-likeness (QED) is 0.607. The van der Waals surface area contributed by atoms with Crippen molar-refractivity contribution in [2.45, 2.75) is 19.8 Å². The summed E-state index contributed by atoms with van der Waals surface area (Å²) in [6.07, 6.45) is -0.0302. The van der Waals surface area contributed by atoms with Crippen molar-refractivity contribution in [3.63, 3.8) is 0 Å². The number of thiophene rings is 1. The van der Waals surface area contributed by atoms with Gasteiger partial charge in [0.15, 0.2) is 12.4 Å². The number of hydrogen-bond acceptors (Lipinski definition) is 6. The van der Waals surface area contributed by atoms with Gasteiger partial charge >= 0.3 is 5.97 Å². The summed E-state index contributed by atoms with van der Waals surface area (Å²) < 4.78 is 4.86. The van der Waals surface area contributed by atoms with Crippen molar-refractivity contribution in [2.24, 2.45) is 0 Å². The highest BCUT2D eigenvalue weighted by Gasteiger charge is 2.13. The molecule has 0 unspecified atom stereocenters. The lowest BCUT2D eigenvalue weighted by atomic mass is 10.2. The molecule has 0 radical (unpaired) electrons. The number of nitriles is 1. The van der Waals surface area contributed by atoms with Crippen LogP contribution >= 0.6 is 11.3 Å². The number of rotatable bonds is 7. The molecule has 6 nitrogen and oxygen atoms in total. The molecule has 1 heterocycles. The molecule has 2 rings (SSSR count). The summed E-state index contributed by atoms with van der Waals surface area (Å²) in [7, 11) is 0. The number of nitrogens with zero attached hydrogens (tertiary/aromatic N) is 1. The Bertz CT molecular complexity index is 836. The summed E-state index contributed by atoms with van der Waals surface area (Å²) in [6, 6.07) is 11.9. The molecule has 0 saturated heterocycles. The Morgan fingerprint density at radius 1 is 1.20 bits per heavy atom. The van der Waals surface area contributed by atoms with Gasteiger partial charge in [0.1, 0.15) is 0 Å². The van der Waals surface area contributed by atoms with Crippen LogP contribution in [0.3, 0.4) is 0 Å². The van der Waals surface area contributed by atoms with E-state index in [4.69, 9.17) is 10.00 Å². The highest BCUT2D eigenvalue weighted by atomic mass is 32.1. The number of carbonyl (C=O) groups is 3. The first-order valence-electron chi connectivity index (χ1n) is 7.53. The number of ketones is 1. The molecule has 7 heteroatoms. The molecule has 0 spiro atoms. The highest BCUT2D eigenvalue weighted by molar-refractivity contribution is 7.14. The summed E-state index contributed by atoms with van der Waals surface area (Å²) in [4.78, 5) is 36.9. The number of anilines is 1. The maximum Gasteiger partial charge on any atom is 0.306 e. The second kappa shape index (κ2) is 8.76. The molecule has 0 aliphatic rings. The monoisotopic (exact) mass is 356 g/mol. The van der Waals surface area contributed by atoms with Gasteiger partial charge in [0, 0.05) is 17.0 Å². The minimum absolute atomic E-state index is 0.0463. The van der Waals surface area contributed by atoms with E-state index in [1.807, 2.05) is 19.1 Å². The Labute approximate surface area is 149 Å². The van der Waals surface area contributed by atoms with Crippen LogP contribution in [0.15, 0.2) is 36.4 Å². The molecule has 0 aliphatic heterocycles. The summed E-state index contributed by atoms with van der Waals surface area (Å²) >= 11 is 1.38. The number of hydrogen-bond donors (Lipinski definition) is 1. The van der Waals surface area contributed by atoms with E-state index in [0.29, 0.717) is 16.1 Å². The van der Waals surface area contributed by atoms with Gasteiger partial charge in [0.2, 0.25) is 0 Å². The van der Waals surface area contributed by atoms with E-state index in [2.05, 4.69) is 5.32 Å². The number of ether oxygens (including phenoxy) is 1. The van der Waals surface area contributed by atoms with Gasteiger partial charge in [0.05, 0.1) is 22.9 Å². The number of Topliss-reactive ketones (excluding diaryl/α,β-unsaturated/α-hetero) is 1. The lowest BCUT2D eigenvalue weighted by Crippen LogP contribution is -2.21. The van der Waals surface area contributed by atoms with Crippen LogP contribution in [-0.2, 0) is 14.3 Å². The van der Waals surface area contributed by atoms with Crippen molar-refractivity contribution in [3.05, 3.63) is 51.7 Å². The van der Waals surface area contributed by atoms with E-state index < -0.39 is 18.5 Å². The predicted molar refractivity (Wildman–Crippen MR) is 93.4 cm³/mol. The van der Waals surface area contributed by atoms with Gasteiger partial charge in [-0.25, -0.2) is 0 Å². The Morgan fingerprint density at radius 2 is 2.00 bits per heavy atom. The SMILES string of the molecule is Cc1ccc(C(=O)CCC(=O)OCC(=O)Nc2cccc(C#N)c2)s1. The largest absolute Gasteiger partial charge is 0.456 e. The smallest absolute Gasteiger partial charge is 0.306 e. The molecule has 0 aliphatic carbocycles. The Balaban J connectivity index is 1.73. The minimum atomic E-state index is -0.609. The fourth-order valence-electron chi connectivity index (χ4n) is 2.00. The van der Waals surface area contributed by atoms with E-state index in [-0.39, 0.29) is 18.6 Å². The van der Waals surface area contributed by atoms with Crippen LogP contribution in [0.1, 0.15) is 33.0 Å². The Morgan fingerprint density at radius 3 is 2.68 bits per heavy atom. The average molecular weight is 356 g/mol. The zero-order valence-electron chi connectivity index (χ0n) is 13.6. The normalized spacial score (nSPS) is 9.92. The fraction of sp³-hybridized carbons (Fsp3) is 0.222. The van der Waals surface area contributed by atoms with Crippen LogP contribution in [0.5, 0.6) is 0 Å². The van der Waals surface area contributed by atoms with Crippen LogP contribution in [0, 0.1) is 18.3 Å². The molecule has 0 saturated carbocycles. The van der Waals surface area contributed by atoms with E-state index in [0.717, 1.165) is 4.88 Å². The molecule has 0 atom stereocenters. The third-order valence-electron chi connectivity index (χ3n) is 3.21. The van der Waals surface area contributed by atoms with Crippen molar-refractivity contribution in [1.29, 1.82) is 5.26 Å². The lowest BCUT2D eigenvalue weighted by molar-refractivity contribution is -0.147. The first-order valence-corrected chi connectivity index (χ1v) is 8.35. The number of benzene rings is 1. The van der Waals surface area contributed by atoms with Crippen molar-refractivity contribution < 1.29 is 19.1 Å². The Hall–Kier alpha value is -2.98. The second-order valence-corrected chi connectivity index (χ2v) is 6.52. The molecular weight excluding hydrogens is 340 g/mol. The van der Waals surface area contributed by atoms with Crippen LogP contribution < -0.4 is 5.32 Å². The van der Waals surface area contributed by atoms with Crippen LogP contribution in [0.4, 0.5) is 5.69 Å². The predicted octanol–water partition coefficient (Wildman–Crippen LogP) is 3.07. The highest BCUT2D eigenvalue weighted by Crippen LogP contribution is 2.17. The zero-order chi connectivity index (χ0) is 18.2. The van der Waals surface area contributed by atoms with Gasteiger partial charge in [-0.1, -0.05) is 6.07 Å². The molecule has 0 bridgehead atoms. The third-order valence-corrected chi connectivity index (χ3v) is 4.25. The van der Waals surface area contributed by atoms with Crippen LogP contribution in [0.2, 0.25) is 0 Å². The molecule has 128 valence electrons. The van der Waals surface area contributed by atoms with E-state index in [1.165, 1.54) is 17.4 Å². The van der Waals surface area contributed by atoms with Crippen molar-refractivity contribution in [3.8, 4) is 6.07 Å². The van der Waals surface area contributed by atoms with Gasteiger partial charge in [-0.15, -0.1) is 11.3 Å². The molecule has 2 aromatic rings. The fourth-order valence-corrected chi connectivity index (χ4v) is 2.84. The molecule has 1 aromatic heterocycles. The van der Waals surface area contributed by atoms with Crippen LogP contribution in [0.25, 0.3) is 0 Å². The molecule has 1 N–H and O–H groups in total. The summed E-state index contributed by atoms with van der Waals surface area (Å²) in [6.45, 7) is 1.46. The molecular formula is C18H16N2O4S. The standard InChI is InChI=1S/C18H16N2O4S/c1-12-5-7-16(25-12)15(21)6-8-18(23)24-11-17(22)20-14-4-2-3-13(9-14)10-19/h2-5,7,9H,6,8,11H2,1H3,(H,20,22). The molecule has 1 amide bonds. The number of carbonyl (C=O) groups excluding carboxylic acids is 3. The molecule has 0 fully saturated rings. The van der Waals surface area contributed by atoms with E-state index in [1.54, 1.807) is 24.3 Å². The van der Waals surface area contributed by atoms with Crippen molar-refractivity contribution in [2.75, 3.05) is 11.9 Å². The summed E-state index contributed by atoms with van der Waals surface area (Å²) in [5.41, 5.74) is 0.862. The average Bonchev–Trinajstić information content (AvgIpc) is 3.04. The number of amides is 1. The zero-order valence-corrected chi connectivity index (χ0v) is 14.4. The number of aryl methyl sites for hydroxylation is 1.